The summed E-state index contributed by atoms with van der Waals surface area (Å²) < 4.78 is 26.4. The molecule has 110 valence electrons. The van der Waals surface area contributed by atoms with E-state index in [1.54, 1.807) is 0 Å². The maximum absolute atomic E-state index is 12.4. The fourth-order valence-electron chi connectivity index (χ4n) is 2.98. The second kappa shape index (κ2) is 4.47. The normalized spacial score (nSPS) is 28.8. The standard InChI is InChI=1S/C14H25NO3S/c1-5-10-8-11(10)12(16)15-19(17,18)14(6-7-14)9-13(2,3)4/h10-11H,5-9H2,1-4H3,(H,15,16)/t10-,11+/m1/s1. The summed E-state index contributed by atoms with van der Waals surface area (Å²) >= 11 is 0. The molecule has 0 radical (unpaired) electrons. The van der Waals surface area contributed by atoms with Gasteiger partial charge in [-0.2, -0.15) is 0 Å². The molecule has 2 fully saturated rings. The Morgan fingerprint density at radius 3 is 2.26 bits per heavy atom. The van der Waals surface area contributed by atoms with Gasteiger partial charge in [-0.3, -0.25) is 9.52 Å². The fourth-order valence-corrected chi connectivity index (χ4v) is 4.88. The average molecular weight is 287 g/mol. The molecule has 2 aliphatic rings. The van der Waals surface area contributed by atoms with E-state index in [1.807, 2.05) is 27.7 Å². The molecule has 0 heterocycles. The van der Waals surface area contributed by atoms with E-state index in [4.69, 9.17) is 0 Å². The lowest BCUT2D eigenvalue weighted by Crippen LogP contribution is -2.42. The summed E-state index contributed by atoms with van der Waals surface area (Å²) in [4.78, 5) is 11.9. The average Bonchev–Trinajstić information content (AvgIpc) is 3.07. The minimum atomic E-state index is -3.52. The van der Waals surface area contributed by atoms with Crippen LogP contribution in [0.15, 0.2) is 0 Å². The van der Waals surface area contributed by atoms with Gasteiger partial charge < -0.3 is 0 Å². The molecule has 1 amide bonds. The first-order chi connectivity index (χ1) is 8.60. The lowest BCUT2D eigenvalue weighted by atomic mass is 9.89. The molecule has 2 atom stereocenters. The van der Waals surface area contributed by atoms with E-state index in [9.17, 15) is 13.2 Å². The van der Waals surface area contributed by atoms with Gasteiger partial charge in [0.1, 0.15) is 0 Å². The number of carbonyl (C=O) groups excluding carboxylic acids is 1. The second-order valence-electron chi connectivity index (χ2n) is 7.40. The monoisotopic (exact) mass is 287 g/mol. The summed E-state index contributed by atoms with van der Waals surface area (Å²) in [6.07, 6.45) is 3.75. The van der Waals surface area contributed by atoms with Crippen LogP contribution in [0, 0.1) is 17.3 Å². The molecule has 0 aliphatic heterocycles. The topological polar surface area (TPSA) is 63.2 Å². The molecule has 0 unspecified atom stereocenters. The highest BCUT2D eigenvalue weighted by Gasteiger charge is 2.57. The van der Waals surface area contributed by atoms with E-state index in [0.717, 1.165) is 12.8 Å². The molecule has 0 aromatic carbocycles. The summed E-state index contributed by atoms with van der Waals surface area (Å²) in [6, 6.07) is 0. The third kappa shape index (κ3) is 3.12. The van der Waals surface area contributed by atoms with Gasteiger partial charge in [0.05, 0.1) is 4.75 Å². The van der Waals surface area contributed by atoms with Gasteiger partial charge in [-0.1, -0.05) is 34.1 Å². The summed E-state index contributed by atoms with van der Waals surface area (Å²) in [7, 11) is -3.52. The molecular weight excluding hydrogens is 262 g/mol. The van der Waals surface area contributed by atoms with Crippen LogP contribution in [0.5, 0.6) is 0 Å². The molecule has 2 rings (SSSR count). The SMILES string of the molecule is CC[C@@H]1C[C@@H]1C(=O)NS(=O)(=O)C1(CC(C)(C)C)CC1. The number of carbonyl (C=O) groups is 1. The number of nitrogens with one attached hydrogen (secondary N) is 1. The van der Waals surface area contributed by atoms with Crippen molar-refractivity contribution in [2.24, 2.45) is 17.3 Å². The molecule has 19 heavy (non-hydrogen) atoms. The Kier molecular flexibility index (Phi) is 3.49. The van der Waals surface area contributed by atoms with E-state index >= 15 is 0 Å². The van der Waals surface area contributed by atoms with Crippen LogP contribution in [0.2, 0.25) is 0 Å². The summed E-state index contributed by atoms with van der Waals surface area (Å²) in [5, 5.41) is 0. The van der Waals surface area contributed by atoms with Gasteiger partial charge in [-0.25, -0.2) is 8.42 Å². The highest BCUT2D eigenvalue weighted by molar-refractivity contribution is 7.91. The first-order valence-corrected chi connectivity index (χ1v) is 8.65. The molecule has 4 nitrogen and oxygen atoms in total. The van der Waals surface area contributed by atoms with Crippen molar-refractivity contribution in [2.45, 2.75) is 64.5 Å². The van der Waals surface area contributed by atoms with Crippen molar-refractivity contribution >= 4 is 15.9 Å². The Bertz CT molecular complexity index is 471. The molecule has 0 aromatic rings. The van der Waals surface area contributed by atoms with Crippen LogP contribution in [0.3, 0.4) is 0 Å². The van der Waals surface area contributed by atoms with Crippen molar-refractivity contribution in [3.8, 4) is 0 Å². The molecule has 0 spiro atoms. The minimum absolute atomic E-state index is 0.0418. The van der Waals surface area contributed by atoms with Gasteiger partial charge in [-0.15, -0.1) is 0 Å². The maximum Gasteiger partial charge on any atom is 0.240 e. The smallest absolute Gasteiger partial charge is 0.240 e. The van der Waals surface area contributed by atoms with E-state index in [0.29, 0.717) is 25.2 Å². The highest BCUT2D eigenvalue weighted by atomic mass is 32.2. The first-order valence-electron chi connectivity index (χ1n) is 7.16. The van der Waals surface area contributed by atoms with Crippen molar-refractivity contribution in [1.29, 1.82) is 0 Å². The van der Waals surface area contributed by atoms with Crippen LogP contribution in [0.1, 0.15) is 59.8 Å². The fraction of sp³-hybridized carbons (Fsp3) is 0.929. The molecule has 2 saturated carbocycles. The zero-order chi connectivity index (χ0) is 14.5. The highest BCUT2D eigenvalue weighted by Crippen LogP contribution is 2.51. The number of amides is 1. The van der Waals surface area contributed by atoms with Gasteiger partial charge in [0.2, 0.25) is 15.9 Å². The number of hydrogen-bond acceptors (Lipinski definition) is 3. The van der Waals surface area contributed by atoms with Gasteiger partial charge in [0.15, 0.2) is 0 Å². The van der Waals surface area contributed by atoms with Crippen molar-refractivity contribution in [3.63, 3.8) is 0 Å². The van der Waals surface area contributed by atoms with Crippen LogP contribution >= 0.6 is 0 Å². The number of rotatable bonds is 5. The second-order valence-corrected chi connectivity index (χ2v) is 9.48. The summed E-state index contributed by atoms with van der Waals surface area (Å²) in [5.41, 5.74) is -0.0418. The third-order valence-electron chi connectivity index (χ3n) is 4.25. The van der Waals surface area contributed by atoms with Gasteiger partial charge in [-0.05, 0) is 37.0 Å². The van der Waals surface area contributed by atoms with Gasteiger partial charge >= 0.3 is 0 Å². The number of hydrogen-bond donors (Lipinski definition) is 1. The molecule has 0 bridgehead atoms. The molecule has 2 aliphatic carbocycles. The Morgan fingerprint density at radius 1 is 1.32 bits per heavy atom. The molecule has 0 saturated heterocycles. The molecule has 1 N–H and O–H groups in total. The molecular formula is C14H25NO3S. The van der Waals surface area contributed by atoms with Crippen molar-refractivity contribution in [3.05, 3.63) is 0 Å². The predicted molar refractivity (Wildman–Crippen MR) is 75.0 cm³/mol. The maximum atomic E-state index is 12.4. The predicted octanol–water partition coefficient (Wildman–Crippen LogP) is 2.45. The largest absolute Gasteiger partial charge is 0.274 e. The van der Waals surface area contributed by atoms with Crippen LogP contribution in [0.4, 0.5) is 0 Å². The van der Waals surface area contributed by atoms with Crippen molar-refractivity contribution in [2.75, 3.05) is 0 Å². The van der Waals surface area contributed by atoms with Crippen molar-refractivity contribution in [1.82, 2.24) is 4.72 Å². The van der Waals surface area contributed by atoms with E-state index in [-0.39, 0.29) is 17.2 Å². The summed E-state index contributed by atoms with van der Waals surface area (Å²) in [5.74, 6) is 0.0187. The quantitative estimate of drug-likeness (QED) is 0.844. The molecule has 0 aromatic heterocycles. The van der Waals surface area contributed by atoms with Crippen molar-refractivity contribution < 1.29 is 13.2 Å². The Balaban J connectivity index is 2.01. The van der Waals surface area contributed by atoms with Crippen LogP contribution in [-0.2, 0) is 14.8 Å². The molecule has 5 heteroatoms. The van der Waals surface area contributed by atoms with Crippen LogP contribution < -0.4 is 4.72 Å². The Morgan fingerprint density at radius 2 is 1.89 bits per heavy atom. The zero-order valence-corrected chi connectivity index (χ0v) is 13.1. The van der Waals surface area contributed by atoms with E-state index in [1.165, 1.54) is 0 Å². The summed E-state index contributed by atoms with van der Waals surface area (Å²) in [6.45, 7) is 8.16. The van der Waals surface area contributed by atoms with Crippen LogP contribution in [0.25, 0.3) is 0 Å². The number of sulfonamides is 1. The minimum Gasteiger partial charge on any atom is -0.274 e. The van der Waals surface area contributed by atoms with E-state index < -0.39 is 14.8 Å². The Labute approximate surface area is 116 Å². The van der Waals surface area contributed by atoms with Gasteiger partial charge in [0, 0.05) is 5.92 Å². The third-order valence-corrected chi connectivity index (χ3v) is 6.41. The first kappa shape index (κ1) is 14.8. The van der Waals surface area contributed by atoms with Gasteiger partial charge in [0.25, 0.3) is 0 Å². The van der Waals surface area contributed by atoms with E-state index in [2.05, 4.69) is 4.72 Å². The lowest BCUT2D eigenvalue weighted by molar-refractivity contribution is -0.120. The van der Waals surface area contributed by atoms with Crippen LogP contribution in [-0.4, -0.2) is 19.1 Å². The zero-order valence-electron chi connectivity index (χ0n) is 12.3. The lowest BCUT2D eigenvalue weighted by Gasteiger charge is -2.25. The Hall–Kier alpha value is -0.580.